The van der Waals surface area contributed by atoms with Gasteiger partial charge >= 0.3 is 0 Å². The minimum absolute atomic E-state index is 0.239. The normalized spacial score (nSPS) is 11.1. The number of benzene rings is 2. The number of hydrogen-bond donors (Lipinski definition) is 1. The van der Waals surface area contributed by atoms with E-state index in [0.29, 0.717) is 16.8 Å². The Hall–Kier alpha value is -4.44. The molecule has 2 heterocycles. The zero-order valence-corrected chi connectivity index (χ0v) is 20.5. The van der Waals surface area contributed by atoms with Gasteiger partial charge in [-0.1, -0.05) is 26.8 Å². The van der Waals surface area contributed by atoms with Gasteiger partial charge in [0, 0.05) is 29.8 Å². The lowest BCUT2D eigenvalue weighted by molar-refractivity contribution is 0.102. The lowest BCUT2D eigenvalue weighted by Crippen LogP contribution is -2.18. The number of anilines is 1. The van der Waals surface area contributed by atoms with E-state index in [-0.39, 0.29) is 17.1 Å². The van der Waals surface area contributed by atoms with Crippen molar-refractivity contribution in [3.63, 3.8) is 0 Å². The van der Waals surface area contributed by atoms with Gasteiger partial charge in [-0.15, -0.1) is 0 Å². The molecule has 0 aliphatic carbocycles. The highest BCUT2D eigenvalue weighted by Crippen LogP contribution is 2.32. The zero-order chi connectivity index (χ0) is 25.2. The number of imidazole rings is 1. The van der Waals surface area contributed by atoms with Gasteiger partial charge in [-0.2, -0.15) is 5.26 Å². The summed E-state index contributed by atoms with van der Waals surface area (Å²) in [4.78, 5) is 22.0. The van der Waals surface area contributed by atoms with Crippen LogP contribution >= 0.6 is 0 Å². The summed E-state index contributed by atoms with van der Waals surface area (Å²) in [5, 5.41) is 12.6. The van der Waals surface area contributed by atoms with E-state index in [1.165, 1.54) is 7.11 Å². The molecule has 1 amide bonds. The maximum atomic E-state index is 13.3. The second-order valence-electron chi connectivity index (χ2n) is 9.33. The van der Waals surface area contributed by atoms with E-state index in [4.69, 9.17) is 4.74 Å². The van der Waals surface area contributed by atoms with Crippen LogP contribution in [0.4, 0.5) is 5.69 Å². The van der Waals surface area contributed by atoms with Crippen LogP contribution < -0.4 is 10.1 Å². The summed E-state index contributed by atoms with van der Waals surface area (Å²) >= 11 is 0. The highest BCUT2D eigenvalue weighted by Gasteiger charge is 2.23. The first-order valence-electron chi connectivity index (χ1n) is 11.2. The second kappa shape index (κ2) is 9.43. The lowest BCUT2D eigenvalue weighted by Gasteiger charge is -2.22. The molecule has 4 aromatic rings. The summed E-state index contributed by atoms with van der Waals surface area (Å²) in [6.07, 6.45) is 7.17. The van der Waals surface area contributed by atoms with E-state index in [9.17, 15) is 10.1 Å². The number of amides is 1. The molecular weight excluding hydrogens is 438 g/mol. The number of pyridine rings is 1. The van der Waals surface area contributed by atoms with E-state index in [2.05, 4.69) is 21.4 Å². The summed E-state index contributed by atoms with van der Waals surface area (Å²) < 4.78 is 7.37. The first-order chi connectivity index (χ1) is 16.7. The van der Waals surface area contributed by atoms with Gasteiger partial charge in [-0.25, -0.2) is 4.98 Å². The number of carbonyl (C=O) groups is 1. The van der Waals surface area contributed by atoms with Crippen molar-refractivity contribution in [1.82, 2.24) is 14.5 Å². The molecule has 35 heavy (non-hydrogen) atoms. The fourth-order valence-electron chi connectivity index (χ4n) is 3.82. The Labute approximate surface area is 205 Å². The van der Waals surface area contributed by atoms with Crippen LogP contribution in [0.2, 0.25) is 0 Å². The van der Waals surface area contributed by atoms with Crippen LogP contribution in [0, 0.1) is 18.3 Å². The number of methoxy groups -OCH3 is 1. The predicted molar refractivity (Wildman–Crippen MR) is 136 cm³/mol. The Kier molecular flexibility index (Phi) is 6.39. The summed E-state index contributed by atoms with van der Waals surface area (Å²) in [7, 11) is 1.46. The first-order valence-corrected chi connectivity index (χ1v) is 11.2. The number of ether oxygens (including phenoxy) is 1. The Bertz CT molecular complexity index is 1430. The Balaban J connectivity index is 1.68. The number of aromatic nitrogens is 3. The van der Waals surface area contributed by atoms with Gasteiger partial charge < -0.3 is 14.6 Å². The van der Waals surface area contributed by atoms with Gasteiger partial charge in [0.25, 0.3) is 5.91 Å². The predicted octanol–water partition coefficient (Wildman–Crippen LogP) is 5.67. The van der Waals surface area contributed by atoms with Crippen molar-refractivity contribution in [3.8, 4) is 28.8 Å². The fraction of sp³-hybridized carbons (Fsp3) is 0.214. The van der Waals surface area contributed by atoms with Crippen LogP contribution in [-0.2, 0) is 5.41 Å². The molecule has 1 N–H and O–H groups in total. The second-order valence-corrected chi connectivity index (χ2v) is 9.33. The van der Waals surface area contributed by atoms with Crippen molar-refractivity contribution in [2.45, 2.75) is 33.1 Å². The van der Waals surface area contributed by atoms with E-state index < -0.39 is 0 Å². The number of nitriles is 1. The van der Waals surface area contributed by atoms with E-state index >= 15 is 0 Å². The monoisotopic (exact) mass is 465 g/mol. The molecule has 2 aromatic carbocycles. The molecular formula is C28H27N5O2. The van der Waals surface area contributed by atoms with Crippen molar-refractivity contribution >= 4 is 11.6 Å². The third-order valence-electron chi connectivity index (χ3n) is 5.81. The summed E-state index contributed by atoms with van der Waals surface area (Å²) in [6, 6.07) is 15.2. The summed E-state index contributed by atoms with van der Waals surface area (Å²) in [5.74, 6) is -0.0815. The number of hydrogen-bond acceptors (Lipinski definition) is 5. The highest BCUT2D eigenvalue weighted by atomic mass is 16.5. The number of aryl methyl sites for hydroxylation is 1. The minimum Gasteiger partial charge on any atom is -0.495 e. The number of nitrogens with zero attached hydrogens (tertiary/aromatic N) is 4. The van der Waals surface area contributed by atoms with Gasteiger partial charge in [-0.05, 0) is 59.9 Å². The number of carbonyl (C=O) groups excluding carboxylic acids is 1. The van der Waals surface area contributed by atoms with Crippen molar-refractivity contribution in [2.24, 2.45) is 0 Å². The molecule has 0 aliphatic rings. The summed E-state index contributed by atoms with van der Waals surface area (Å²) in [6.45, 7) is 8.11. The summed E-state index contributed by atoms with van der Waals surface area (Å²) in [5.41, 5.74) is 5.55. The van der Waals surface area contributed by atoms with Crippen LogP contribution in [0.1, 0.15) is 47.8 Å². The van der Waals surface area contributed by atoms with Gasteiger partial charge in [0.05, 0.1) is 35.9 Å². The lowest BCUT2D eigenvalue weighted by atomic mass is 9.84. The molecule has 0 atom stereocenters. The average Bonchev–Trinajstić information content (AvgIpc) is 3.34. The van der Waals surface area contributed by atoms with Crippen molar-refractivity contribution in [2.75, 3.05) is 12.4 Å². The third-order valence-corrected chi connectivity index (χ3v) is 5.81. The molecule has 7 heteroatoms. The minimum atomic E-state index is -0.346. The maximum absolute atomic E-state index is 13.3. The molecule has 0 fully saturated rings. The van der Waals surface area contributed by atoms with Crippen LogP contribution in [0.25, 0.3) is 16.9 Å². The Morgan fingerprint density at radius 2 is 1.97 bits per heavy atom. The molecule has 176 valence electrons. The van der Waals surface area contributed by atoms with E-state index in [1.54, 1.807) is 30.9 Å². The quantitative estimate of drug-likeness (QED) is 0.410. The molecule has 4 rings (SSSR count). The van der Waals surface area contributed by atoms with E-state index in [1.807, 2.05) is 68.8 Å². The Morgan fingerprint density at radius 1 is 1.17 bits per heavy atom. The molecule has 0 aliphatic heterocycles. The largest absolute Gasteiger partial charge is 0.495 e. The van der Waals surface area contributed by atoms with Crippen LogP contribution in [0.5, 0.6) is 5.75 Å². The van der Waals surface area contributed by atoms with Gasteiger partial charge in [0.15, 0.2) is 0 Å². The molecule has 0 bridgehead atoms. The highest BCUT2D eigenvalue weighted by molar-refractivity contribution is 6.07. The molecule has 0 saturated heterocycles. The van der Waals surface area contributed by atoms with Gasteiger partial charge in [0.1, 0.15) is 11.8 Å². The third kappa shape index (κ3) is 4.92. The van der Waals surface area contributed by atoms with Crippen LogP contribution in [-0.4, -0.2) is 27.6 Å². The van der Waals surface area contributed by atoms with Crippen LogP contribution in [0.15, 0.2) is 67.4 Å². The SMILES string of the molecule is COc1c(C#N)cc(C(C)(C)C)cc1C(=O)Nc1ccc(C)c(-n2cnc(-c3cccnc3)c2)c1. The molecule has 0 spiro atoms. The molecule has 0 saturated carbocycles. The van der Waals surface area contributed by atoms with Crippen molar-refractivity contribution in [3.05, 3.63) is 89.6 Å². The van der Waals surface area contributed by atoms with Gasteiger partial charge in [0.2, 0.25) is 0 Å². The molecule has 7 nitrogen and oxygen atoms in total. The van der Waals surface area contributed by atoms with E-state index in [0.717, 1.165) is 28.1 Å². The molecule has 2 aromatic heterocycles. The molecule has 0 radical (unpaired) electrons. The topological polar surface area (TPSA) is 92.8 Å². The number of rotatable bonds is 5. The molecule has 0 unspecified atom stereocenters. The Morgan fingerprint density at radius 3 is 2.63 bits per heavy atom. The van der Waals surface area contributed by atoms with Crippen molar-refractivity contribution < 1.29 is 9.53 Å². The fourth-order valence-corrected chi connectivity index (χ4v) is 3.82. The smallest absolute Gasteiger partial charge is 0.259 e. The maximum Gasteiger partial charge on any atom is 0.259 e. The van der Waals surface area contributed by atoms with Crippen molar-refractivity contribution in [1.29, 1.82) is 5.26 Å². The van der Waals surface area contributed by atoms with Crippen LogP contribution in [0.3, 0.4) is 0 Å². The zero-order valence-electron chi connectivity index (χ0n) is 20.5. The first kappa shape index (κ1) is 23.7. The standard InChI is InChI=1S/C28H27N5O2/c1-18-8-9-22(13-25(18)33-16-24(31-17-33)19-7-6-10-30-15-19)32-27(34)23-12-21(28(2,3)4)11-20(14-29)26(23)35-5/h6-13,15-17H,1-5H3,(H,32,34). The average molecular weight is 466 g/mol. The van der Waals surface area contributed by atoms with Gasteiger partial charge in [-0.3, -0.25) is 9.78 Å². The number of nitrogens with one attached hydrogen (secondary N) is 1.